The zero-order chi connectivity index (χ0) is 22.7. The second-order valence-electron chi connectivity index (χ2n) is 8.89. The summed E-state index contributed by atoms with van der Waals surface area (Å²) < 4.78 is 29.2. The minimum Gasteiger partial charge on any atom is -0.299 e. The maximum absolute atomic E-state index is 13.8. The highest BCUT2D eigenvalue weighted by atomic mass is 32.2. The molecule has 0 aliphatic carbocycles. The molecule has 0 bridgehead atoms. The maximum Gasteiger partial charge on any atom is 0.264 e. The minimum atomic E-state index is -3.66. The van der Waals surface area contributed by atoms with Crippen molar-refractivity contribution in [2.24, 2.45) is 0 Å². The van der Waals surface area contributed by atoms with Gasteiger partial charge in [-0.2, -0.15) is 0 Å². The Hall–Kier alpha value is -2.63. The van der Waals surface area contributed by atoms with Crippen LogP contribution in [0.4, 0.5) is 5.69 Å². The molecule has 0 atom stereocenters. The molecule has 168 valence electrons. The van der Waals surface area contributed by atoms with E-state index in [0.717, 1.165) is 49.3 Å². The van der Waals surface area contributed by atoms with Crippen molar-refractivity contribution < 1.29 is 8.42 Å². The van der Waals surface area contributed by atoms with Gasteiger partial charge in [0.2, 0.25) is 0 Å². The van der Waals surface area contributed by atoms with Crippen molar-refractivity contribution in [3.63, 3.8) is 0 Å². The molecular formula is C27H32N2O2S. The fourth-order valence-electron chi connectivity index (χ4n) is 4.48. The number of aryl methyl sites for hydroxylation is 3. The lowest BCUT2D eigenvalue weighted by Crippen LogP contribution is -2.47. The molecule has 4 rings (SSSR count). The van der Waals surface area contributed by atoms with Crippen LogP contribution in [0, 0.1) is 20.8 Å². The summed E-state index contributed by atoms with van der Waals surface area (Å²) in [5.41, 5.74) is 5.51. The topological polar surface area (TPSA) is 40.6 Å². The number of anilines is 1. The van der Waals surface area contributed by atoms with Gasteiger partial charge in [0.15, 0.2) is 0 Å². The van der Waals surface area contributed by atoms with Crippen LogP contribution in [0.25, 0.3) is 0 Å². The van der Waals surface area contributed by atoms with E-state index in [9.17, 15) is 8.42 Å². The lowest BCUT2D eigenvalue weighted by Gasteiger charge is -2.39. The van der Waals surface area contributed by atoms with Gasteiger partial charge in [-0.1, -0.05) is 54.1 Å². The van der Waals surface area contributed by atoms with Gasteiger partial charge in [-0.3, -0.25) is 9.21 Å². The largest absolute Gasteiger partial charge is 0.299 e. The van der Waals surface area contributed by atoms with Crippen molar-refractivity contribution in [3.05, 3.63) is 95.1 Å². The molecule has 0 aromatic heterocycles. The monoisotopic (exact) mass is 448 g/mol. The number of likely N-dealkylation sites (tertiary alicyclic amines) is 1. The second kappa shape index (κ2) is 9.47. The Morgan fingerprint density at radius 3 is 2.19 bits per heavy atom. The summed E-state index contributed by atoms with van der Waals surface area (Å²) >= 11 is 0. The van der Waals surface area contributed by atoms with E-state index in [1.54, 1.807) is 16.4 Å². The third-order valence-electron chi connectivity index (χ3n) is 6.38. The molecular weight excluding hydrogens is 416 g/mol. The predicted molar refractivity (Wildman–Crippen MR) is 132 cm³/mol. The first-order valence-corrected chi connectivity index (χ1v) is 12.7. The molecule has 4 nitrogen and oxygen atoms in total. The molecule has 0 spiro atoms. The van der Waals surface area contributed by atoms with E-state index < -0.39 is 10.0 Å². The SMILES string of the molecule is Cc1ccc(S(=O)(=O)N(c2cccc(C)c2)C2CCN(Cc3ccccc3C)CC2)cc1. The van der Waals surface area contributed by atoms with E-state index in [0.29, 0.717) is 4.90 Å². The molecule has 1 heterocycles. The number of nitrogens with zero attached hydrogens (tertiary/aromatic N) is 2. The van der Waals surface area contributed by atoms with Crippen LogP contribution in [0.2, 0.25) is 0 Å². The third-order valence-corrected chi connectivity index (χ3v) is 8.27. The Labute approximate surface area is 192 Å². The summed E-state index contributed by atoms with van der Waals surface area (Å²) in [4.78, 5) is 2.79. The van der Waals surface area contributed by atoms with Crippen LogP contribution in [-0.2, 0) is 16.6 Å². The Balaban J connectivity index is 1.59. The number of hydrogen-bond acceptors (Lipinski definition) is 3. The first kappa shape index (κ1) is 22.6. The van der Waals surface area contributed by atoms with E-state index in [1.807, 2.05) is 50.2 Å². The molecule has 5 heteroatoms. The quantitative estimate of drug-likeness (QED) is 0.502. The highest BCUT2D eigenvalue weighted by Gasteiger charge is 2.34. The summed E-state index contributed by atoms with van der Waals surface area (Å²) in [5.74, 6) is 0. The van der Waals surface area contributed by atoms with Crippen LogP contribution in [0.3, 0.4) is 0 Å². The summed E-state index contributed by atoms with van der Waals surface area (Å²) in [6.45, 7) is 8.80. The van der Waals surface area contributed by atoms with Crippen molar-refractivity contribution in [1.82, 2.24) is 4.90 Å². The Bertz CT molecular complexity index is 1160. The zero-order valence-corrected chi connectivity index (χ0v) is 20.0. The van der Waals surface area contributed by atoms with Gasteiger partial charge in [0, 0.05) is 25.7 Å². The van der Waals surface area contributed by atoms with Gasteiger partial charge in [-0.05, 0) is 74.6 Å². The number of benzene rings is 3. The first-order chi connectivity index (χ1) is 15.3. The van der Waals surface area contributed by atoms with E-state index in [4.69, 9.17) is 0 Å². The fraction of sp³-hybridized carbons (Fsp3) is 0.333. The molecule has 1 aliphatic rings. The molecule has 0 radical (unpaired) electrons. The van der Waals surface area contributed by atoms with Crippen molar-refractivity contribution in [2.75, 3.05) is 17.4 Å². The summed E-state index contributed by atoms with van der Waals surface area (Å²) in [6.07, 6.45) is 1.62. The van der Waals surface area contributed by atoms with Gasteiger partial charge in [0.05, 0.1) is 10.6 Å². The number of sulfonamides is 1. The minimum absolute atomic E-state index is 0.0591. The molecule has 1 fully saturated rings. The van der Waals surface area contributed by atoms with E-state index in [-0.39, 0.29) is 6.04 Å². The Morgan fingerprint density at radius 2 is 1.53 bits per heavy atom. The van der Waals surface area contributed by atoms with Crippen molar-refractivity contribution in [3.8, 4) is 0 Å². The number of piperidine rings is 1. The predicted octanol–water partition coefficient (Wildman–Crippen LogP) is 5.47. The third kappa shape index (κ3) is 4.89. The van der Waals surface area contributed by atoms with Crippen LogP contribution in [0.1, 0.15) is 35.1 Å². The van der Waals surface area contributed by atoms with Crippen molar-refractivity contribution in [1.29, 1.82) is 0 Å². The molecule has 1 aliphatic heterocycles. The average molecular weight is 449 g/mol. The summed E-state index contributed by atoms with van der Waals surface area (Å²) in [7, 11) is -3.66. The number of hydrogen-bond donors (Lipinski definition) is 0. The van der Waals surface area contributed by atoms with E-state index >= 15 is 0 Å². The molecule has 3 aromatic rings. The standard InChI is InChI=1S/C27H32N2O2S/c1-21-11-13-27(14-12-21)32(30,31)29(26-10-6-7-22(2)19-26)25-15-17-28(18-16-25)20-24-9-5-4-8-23(24)3/h4-14,19,25H,15-18,20H2,1-3H3. The molecule has 32 heavy (non-hydrogen) atoms. The fourth-order valence-corrected chi connectivity index (χ4v) is 6.18. The summed E-state index contributed by atoms with van der Waals surface area (Å²) in [6, 6.07) is 23.4. The lowest BCUT2D eigenvalue weighted by molar-refractivity contribution is 0.206. The molecule has 0 saturated carbocycles. The Kier molecular flexibility index (Phi) is 6.68. The lowest BCUT2D eigenvalue weighted by atomic mass is 10.0. The smallest absolute Gasteiger partial charge is 0.264 e. The van der Waals surface area contributed by atoms with Crippen LogP contribution in [-0.4, -0.2) is 32.4 Å². The molecule has 1 saturated heterocycles. The van der Waals surface area contributed by atoms with Crippen molar-refractivity contribution >= 4 is 15.7 Å². The zero-order valence-electron chi connectivity index (χ0n) is 19.2. The maximum atomic E-state index is 13.8. The van der Waals surface area contributed by atoms with Crippen LogP contribution in [0.5, 0.6) is 0 Å². The molecule has 0 amide bonds. The number of rotatable bonds is 6. The Morgan fingerprint density at radius 1 is 0.844 bits per heavy atom. The van der Waals surface area contributed by atoms with Gasteiger partial charge in [-0.15, -0.1) is 0 Å². The van der Waals surface area contributed by atoms with Crippen LogP contribution >= 0.6 is 0 Å². The molecule has 0 N–H and O–H groups in total. The molecule has 3 aromatic carbocycles. The van der Waals surface area contributed by atoms with E-state index in [2.05, 4.69) is 36.1 Å². The molecule has 0 unspecified atom stereocenters. The summed E-state index contributed by atoms with van der Waals surface area (Å²) in [5, 5.41) is 0. The highest BCUT2D eigenvalue weighted by molar-refractivity contribution is 7.92. The van der Waals surface area contributed by atoms with Crippen LogP contribution < -0.4 is 4.31 Å². The highest BCUT2D eigenvalue weighted by Crippen LogP contribution is 2.31. The second-order valence-corrected chi connectivity index (χ2v) is 10.7. The first-order valence-electron chi connectivity index (χ1n) is 11.3. The van der Waals surface area contributed by atoms with Crippen LogP contribution in [0.15, 0.2) is 77.7 Å². The van der Waals surface area contributed by atoms with Gasteiger partial charge < -0.3 is 0 Å². The van der Waals surface area contributed by atoms with Gasteiger partial charge in [0.25, 0.3) is 10.0 Å². The van der Waals surface area contributed by atoms with Gasteiger partial charge in [0.1, 0.15) is 0 Å². The van der Waals surface area contributed by atoms with Crippen molar-refractivity contribution in [2.45, 2.75) is 51.1 Å². The van der Waals surface area contributed by atoms with Gasteiger partial charge >= 0.3 is 0 Å². The normalized spacial score (nSPS) is 15.6. The van der Waals surface area contributed by atoms with Gasteiger partial charge in [-0.25, -0.2) is 8.42 Å². The van der Waals surface area contributed by atoms with E-state index in [1.165, 1.54) is 11.1 Å². The average Bonchev–Trinajstić information content (AvgIpc) is 2.77.